The molecule has 3 nitrogen and oxygen atoms in total. The van der Waals surface area contributed by atoms with Crippen molar-refractivity contribution < 1.29 is 5.11 Å². The number of aliphatic hydroxyl groups is 1. The molecular formula is C11H13ClN2O. The van der Waals surface area contributed by atoms with E-state index in [0.717, 1.165) is 16.6 Å². The van der Waals surface area contributed by atoms with Gasteiger partial charge in [-0.15, -0.1) is 11.6 Å². The first kappa shape index (κ1) is 10.5. The topological polar surface area (TPSA) is 38.0 Å². The predicted molar refractivity (Wildman–Crippen MR) is 61.1 cm³/mol. The molecule has 0 aliphatic carbocycles. The Balaban J connectivity index is 2.31. The Hall–Kier alpha value is -1.06. The maximum Gasteiger partial charge on any atom is 0.0955 e. The van der Waals surface area contributed by atoms with Crippen LogP contribution in [0.2, 0.25) is 0 Å². The van der Waals surface area contributed by atoms with E-state index in [1.807, 2.05) is 29.8 Å². The molecule has 80 valence electrons. The van der Waals surface area contributed by atoms with Gasteiger partial charge in [-0.25, -0.2) is 4.98 Å². The van der Waals surface area contributed by atoms with Crippen molar-refractivity contribution >= 4 is 22.6 Å². The van der Waals surface area contributed by atoms with Crippen LogP contribution in [0.15, 0.2) is 24.5 Å². The van der Waals surface area contributed by atoms with Gasteiger partial charge in [-0.2, -0.15) is 0 Å². The fourth-order valence-electron chi connectivity index (χ4n) is 1.64. The number of nitrogens with zero attached hydrogens (tertiary/aromatic N) is 2. The molecule has 0 fully saturated rings. The number of alkyl halides is 1. The van der Waals surface area contributed by atoms with Crippen molar-refractivity contribution in [3.63, 3.8) is 0 Å². The highest BCUT2D eigenvalue weighted by Gasteiger charge is 2.06. The highest BCUT2D eigenvalue weighted by atomic mass is 35.5. The van der Waals surface area contributed by atoms with Crippen LogP contribution in [0, 0.1) is 0 Å². The fourth-order valence-corrected chi connectivity index (χ4v) is 1.74. The molecule has 1 aromatic heterocycles. The van der Waals surface area contributed by atoms with Crippen molar-refractivity contribution in [3.05, 3.63) is 30.1 Å². The molecule has 1 heterocycles. The van der Waals surface area contributed by atoms with Crippen LogP contribution in [0.1, 0.15) is 5.56 Å². The van der Waals surface area contributed by atoms with Gasteiger partial charge in [0.15, 0.2) is 0 Å². The van der Waals surface area contributed by atoms with E-state index in [2.05, 4.69) is 4.98 Å². The van der Waals surface area contributed by atoms with Gasteiger partial charge in [0.05, 0.1) is 23.5 Å². The lowest BCUT2D eigenvalue weighted by Crippen LogP contribution is -2.11. The average Bonchev–Trinajstić information content (AvgIpc) is 2.60. The summed E-state index contributed by atoms with van der Waals surface area (Å²) >= 11 is 5.55. The largest absolute Gasteiger partial charge is 0.392 e. The number of aromatic nitrogens is 2. The highest BCUT2D eigenvalue weighted by Crippen LogP contribution is 2.15. The zero-order chi connectivity index (χ0) is 10.8. The molecule has 1 unspecified atom stereocenters. The van der Waals surface area contributed by atoms with Crippen molar-refractivity contribution in [2.45, 2.75) is 12.5 Å². The lowest BCUT2D eigenvalue weighted by Gasteiger charge is -2.06. The van der Waals surface area contributed by atoms with Crippen molar-refractivity contribution in [1.82, 2.24) is 9.55 Å². The Morgan fingerprint density at radius 3 is 3.07 bits per heavy atom. The molecule has 1 N–H and O–H groups in total. The zero-order valence-corrected chi connectivity index (χ0v) is 9.28. The second-order valence-corrected chi connectivity index (χ2v) is 4.00. The van der Waals surface area contributed by atoms with Crippen LogP contribution in [0.25, 0.3) is 11.0 Å². The summed E-state index contributed by atoms with van der Waals surface area (Å²) in [7, 11) is 1.96. The Kier molecular flexibility index (Phi) is 2.93. The lowest BCUT2D eigenvalue weighted by molar-refractivity contribution is 0.199. The molecule has 0 spiro atoms. The monoisotopic (exact) mass is 224 g/mol. The molecule has 15 heavy (non-hydrogen) atoms. The molecule has 0 aliphatic rings. The van der Waals surface area contributed by atoms with Crippen LogP contribution in [0.3, 0.4) is 0 Å². The molecule has 2 rings (SSSR count). The third-order valence-electron chi connectivity index (χ3n) is 2.44. The first-order valence-electron chi connectivity index (χ1n) is 4.84. The Morgan fingerprint density at radius 1 is 1.53 bits per heavy atom. The number of hydrogen-bond acceptors (Lipinski definition) is 2. The van der Waals surface area contributed by atoms with E-state index >= 15 is 0 Å². The highest BCUT2D eigenvalue weighted by molar-refractivity contribution is 6.18. The van der Waals surface area contributed by atoms with E-state index < -0.39 is 6.10 Å². The number of aryl methyl sites for hydroxylation is 1. The van der Waals surface area contributed by atoms with Gasteiger partial charge in [0, 0.05) is 12.9 Å². The molecule has 0 aliphatic heterocycles. The van der Waals surface area contributed by atoms with Gasteiger partial charge in [-0.1, -0.05) is 6.07 Å². The molecule has 1 atom stereocenters. The number of halogens is 1. The summed E-state index contributed by atoms with van der Waals surface area (Å²) in [6, 6.07) is 6.00. The van der Waals surface area contributed by atoms with Gasteiger partial charge >= 0.3 is 0 Å². The number of rotatable bonds is 3. The van der Waals surface area contributed by atoms with Gasteiger partial charge in [-0.3, -0.25) is 0 Å². The average molecular weight is 225 g/mol. The van der Waals surface area contributed by atoms with E-state index in [-0.39, 0.29) is 5.88 Å². The third-order valence-corrected chi connectivity index (χ3v) is 2.80. The molecule has 0 radical (unpaired) electrons. The van der Waals surface area contributed by atoms with Crippen LogP contribution >= 0.6 is 11.6 Å². The number of hydrogen-bond donors (Lipinski definition) is 1. The summed E-state index contributed by atoms with van der Waals surface area (Å²) in [5, 5.41) is 9.43. The number of aliphatic hydroxyl groups excluding tert-OH is 1. The SMILES string of the molecule is Cn1cnc2cc(CC(O)CCl)ccc21. The van der Waals surface area contributed by atoms with Crippen molar-refractivity contribution in [3.8, 4) is 0 Å². The second kappa shape index (κ2) is 4.21. The molecule has 2 aromatic rings. The normalized spacial score (nSPS) is 13.3. The summed E-state index contributed by atoms with van der Waals surface area (Å²) in [6.45, 7) is 0. The van der Waals surface area contributed by atoms with Gasteiger partial charge in [0.2, 0.25) is 0 Å². The predicted octanol–water partition coefficient (Wildman–Crippen LogP) is 1.72. The zero-order valence-electron chi connectivity index (χ0n) is 8.52. The number of imidazole rings is 1. The molecule has 0 bridgehead atoms. The standard InChI is InChI=1S/C11H13ClN2O/c1-14-7-13-10-5-8(2-3-11(10)14)4-9(15)6-12/h2-3,5,7,9,15H,4,6H2,1H3. The minimum Gasteiger partial charge on any atom is -0.392 e. The van der Waals surface area contributed by atoms with Crippen molar-refractivity contribution in [1.29, 1.82) is 0 Å². The summed E-state index contributed by atoms with van der Waals surface area (Å²) in [4.78, 5) is 4.26. The van der Waals surface area contributed by atoms with E-state index in [4.69, 9.17) is 11.6 Å². The molecule has 0 saturated carbocycles. The Bertz CT molecular complexity index is 467. The smallest absolute Gasteiger partial charge is 0.0955 e. The van der Waals surface area contributed by atoms with Gasteiger partial charge in [-0.05, 0) is 24.1 Å². The summed E-state index contributed by atoms with van der Waals surface area (Å²) < 4.78 is 1.97. The Morgan fingerprint density at radius 2 is 2.33 bits per heavy atom. The summed E-state index contributed by atoms with van der Waals surface area (Å²) in [5.41, 5.74) is 3.12. The maximum absolute atomic E-state index is 9.43. The molecule has 4 heteroatoms. The minimum absolute atomic E-state index is 0.264. The van der Waals surface area contributed by atoms with E-state index in [9.17, 15) is 5.11 Å². The first-order chi connectivity index (χ1) is 7.20. The van der Waals surface area contributed by atoms with E-state index in [1.165, 1.54) is 0 Å². The second-order valence-electron chi connectivity index (χ2n) is 3.69. The fraction of sp³-hybridized carbons (Fsp3) is 0.364. The van der Waals surface area contributed by atoms with Crippen molar-refractivity contribution in [2.24, 2.45) is 7.05 Å². The van der Waals surface area contributed by atoms with Crippen LogP contribution in [-0.4, -0.2) is 26.6 Å². The molecule has 0 saturated heterocycles. The van der Waals surface area contributed by atoms with Gasteiger partial charge in [0.25, 0.3) is 0 Å². The molecular weight excluding hydrogens is 212 g/mol. The first-order valence-corrected chi connectivity index (χ1v) is 5.38. The molecule has 0 amide bonds. The van der Waals surface area contributed by atoms with Crippen LogP contribution < -0.4 is 0 Å². The van der Waals surface area contributed by atoms with Crippen molar-refractivity contribution in [2.75, 3.05) is 5.88 Å². The quantitative estimate of drug-likeness (QED) is 0.807. The van der Waals surface area contributed by atoms with Gasteiger partial charge in [0.1, 0.15) is 0 Å². The lowest BCUT2D eigenvalue weighted by atomic mass is 10.1. The van der Waals surface area contributed by atoms with E-state index in [1.54, 1.807) is 6.33 Å². The van der Waals surface area contributed by atoms with E-state index in [0.29, 0.717) is 6.42 Å². The number of benzene rings is 1. The minimum atomic E-state index is -0.479. The summed E-state index contributed by atoms with van der Waals surface area (Å²) in [5.74, 6) is 0.264. The Labute approximate surface area is 93.3 Å². The van der Waals surface area contributed by atoms with Crippen LogP contribution in [0.4, 0.5) is 0 Å². The van der Waals surface area contributed by atoms with Crippen LogP contribution in [0.5, 0.6) is 0 Å². The maximum atomic E-state index is 9.43. The van der Waals surface area contributed by atoms with Gasteiger partial charge < -0.3 is 9.67 Å². The molecule has 1 aromatic carbocycles. The number of fused-ring (bicyclic) bond motifs is 1. The van der Waals surface area contributed by atoms with Crippen LogP contribution in [-0.2, 0) is 13.5 Å². The third kappa shape index (κ3) is 2.13. The summed E-state index contributed by atoms with van der Waals surface area (Å²) in [6.07, 6.45) is 1.88.